The minimum atomic E-state index is -4.25. The molecule has 0 saturated carbocycles. The van der Waals surface area contributed by atoms with Crippen molar-refractivity contribution in [2.75, 3.05) is 19.8 Å². The lowest BCUT2D eigenvalue weighted by atomic mass is 10.2. The second kappa shape index (κ2) is 8.26. The summed E-state index contributed by atoms with van der Waals surface area (Å²) < 4.78 is 42.0. The summed E-state index contributed by atoms with van der Waals surface area (Å²) in [6.45, 7) is 5.34. The smallest absolute Gasteiger partial charge is 0.372 e. The summed E-state index contributed by atoms with van der Waals surface area (Å²) in [7, 11) is 0. The third-order valence-electron chi connectivity index (χ3n) is 2.59. The molecule has 1 heterocycles. The highest BCUT2D eigenvalue weighted by molar-refractivity contribution is 4.99. The summed E-state index contributed by atoms with van der Waals surface area (Å²) in [6.07, 6.45) is -2.05. The molecule has 1 N–H and O–H groups in total. The molecule has 1 aromatic heterocycles. The van der Waals surface area contributed by atoms with Crippen LogP contribution in [0.4, 0.5) is 13.2 Å². The Morgan fingerprint density at radius 1 is 1.40 bits per heavy atom. The van der Waals surface area contributed by atoms with E-state index >= 15 is 0 Å². The number of rotatable bonds is 9. The molecule has 0 saturated heterocycles. The van der Waals surface area contributed by atoms with E-state index in [1.807, 2.05) is 6.07 Å². The highest BCUT2D eigenvalue weighted by atomic mass is 19.4. The van der Waals surface area contributed by atoms with Crippen LogP contribution in [0.25, 0.3) is 0 Å². The number of nitrogens with one attached hydrogen (secondary N) is 1. The van der Waals surface area contributed by atoms with Crippen molar-refractivity contribution in [3.8, 4) is 0 Å². The number of alkyl halides is 3. The van der Waals surface area contributed by atoms with Crippen molar-refractivity contribution in [3.63, 3.8) is 0 Å². The molecule has 0 aromatic carbocycles. The molecule has 0 bridgehead atoms. The van der Waals surface area contributed by atoms with Crippen LogP contribution in [0.3, 0.4) is 0 Å². The average Bonchev–Trinajstić information content (AvgIpc) is 2.74. The van der Waals surface area contributed by atoms with Crippen LogP contribution in [0.5, 0.6) is 0 Å². The Labute approximate surface area is 117 Å². The van der Waals surface area contributed by atoms with Gasteiger partial charge < -0.3 is 10.1 Å². The average molecular weight is 293 g/mol. The van der Waals surface area contributed by atoms with Crippen LogP contribution < -0.4 is 5.32 Å². The quantitative estimate of drug-likeness (QED) is 0.711. The van der Waals surface area contributed by atoms with Crippen molar-refractivity contribution < 1.29 is 17.9 Å². The van der Waals surface area contributed by atoms with Gasteiger partial charge in [0.2, 0.25) is 0 Å². The summed E-state index contributed by atoms with van der Waals surface area (Å²) in [5.74, 6) is 0.571. The van der Waals surface area contributed by atoms with Gasteiger partial charge in [-0.2, -0.15) is 18.3 Å². The first-order chi connectivity index (χ1) is 9.38. The maximum absolute atomic E-state index is 11.9. The molecule has 4 nitrogen and oxygen atoms in total. The second-order valence-electron chi connectivity index (χ2n) is 5.09. The van der Waals surface area contributed by atoms with Gasteiger partial charge in [0.05, 0.1) is 5.69 Å². The minimum Gasteiger partial charge on any atom is -0.372 e. The minimum absolute atomic E-state index is 0.0816. The van der Waals surface area contributed by atoms with Gasteiger partial charge in [0.1, 0.15) is 6.61 Å². The second-order valence-corrected chi connectivity index (χ2v) is 5.09. The highest BCUT2D eigenvalue weighted by Crippen LogP contribution is 2.14. The van der Waals surface area contributed by atoms with E-state index in [0.29, 0.717) is 25.4 Å². The standard InChI is InChI=1S/C13H22F3N3O/c1-11(2)8-17-9-12-4-5-18-19(12)6-3-7-20-10-13(14,15)16/h4-5,11,17H,3,6-10H2,1-2H3. The first-order valence-electron chi connectivity index (χ1n) is 6.74. The van der Waals surface area contributed by atoms with Crippen LogP contribution in [-0.2, 0) is 17.8 Å². The Morgan fingerprint density at radius 3 is 2.80 bits per heavy atom. The third-order valence-corrected chi connectivity index (χ3v) is 2.59. The van der Waals surface area contributed by atoms with Crippen LogP contribution in [0.15, 0.2) is 12.3 Å². The number of ether oxygens (including phenoxy) is 1. The van der Waals surface area contributed by atoms with Gasteiger partial charge in [0, 0.05) is 25.9 Å². The van der Waals surface area contributed by atoms with E-state index in [0.717, 1.165) is 12.2 Å². The SMILES string of the molecule is CC(C)CNCc1ccnn1CCCOCC(F)(F)F. The Bertz CT molecular complexity index is 377. The molecule has 20 heavy (non-hydrogen) atoms. The van der Waals surface area contributed by atoms with Gasteiger partial charge in [-0.25, -0.2) is 0 Å². The van der Waals surface area contributed by atoms with Gasteiger partial charge in [0.25, 0.3) is 0 Å². The molecule has 0 fully saturated rings. The van der Waals surface area contributed by atoms with E-state index < -0.39 is 12.8 Å². The van der Waals surface area contributed by atoms with Gasteiger partial charge in [0.15, 0.2) is 0 Å². The normalized spacial score (nSPS) is 12.3. The number of nitrogens with zero attached hydrogens (tertiary/aromatic N) is 2. The monoisotopic (exact) mass is 293 g/mol. The van der Waals surface area contributed by atoms with E-state index in [2.05, 4.69) is 29.0 Å². The summed E-state index contributed by atoms with van der Waals surface area (Å²) in [5, 5.41) is 7.47. The fourth-order valence-corrected chi connectivity index (χ4v) is 1.70. The van der Waals surface area contributed by atoms with E-state index in [-0.39, 0.29) is 6.61 Å². The Morgan fingerprint density at radius 2 is 2.15 bits per heavy atom. The molecule has 0 atom stereocenters. The Kier molecular flexibility index (Phi) is 7.01. The van der Waals surface area contributed by atoms with Gasteiger partial charge >= 0.3 is 6.18 Å². The lowest BCUT2D eigenvalue weighted by Gasteiger charge is -2.11. The van der Waals surface area contributed by atoms with Crippen LogP contribution in [-0.4, -0.2) is 35.7 Å². The summed E-state index contributed by atoms with van der Waals surface area (Å²) in [4.78, 5) is 0. The molecule has 0 aliphatic carbocycles. The van der Waals surface area contributed by atoms with Crippen molar-refractivity contribution in [2.45, 2.75) is 39.5 Å². The molecule has 0 amide bonds. The number of aryl methyl sites for hydroxylation is 1. The lowest BCUT2D eigenvalue weighted by Crippen LogP contribution is -2.21. The molecule has 0 radical (unpaired) electrons. The zero-order valence-corrected chi connectivity index (χ0v) is 11.9. The number of aromatic nitrogens is 2. The fraction of sp³-hybridized carbons (Fsp3) is 0.769. The molecule has 0 aliphatic rings. The molecule has 7 heteroatoms. The lowest BCUT2D eigenvalue weighted by molar-refractivity contribution is -0.174. The summed E-state index contributed by atoms with van der Waals surface area (Å²) >= 11 is 0. The van der Waals surface area contributed by atoms with Crippen molar-refractivity contribution >= 4 is 0 Å². The highest BCUT2D eigenvalue weighted by Gasteiger charge is 2.27. The van der Waals surface area contributed by atoms with Crippen LogP contribution >= 0.6 is 0 Å². The van der Waals surface area contributed by atoms with Gasteiger partial charge in [-0.3, -0.25) is 4.68 Å². The molecule has 0 unspecified atom stereocenters. The zero-order valence-electron chi connectivity index (χ0n) is 11.9. The molecule has 0 spiro atoms. The van der Waals surface area contributed by atoms with Crippen molar-refractivity contribution in [1.82, 2.24) is 15.1 Å². The summed E-state index contributed by atoms with van der Waals surface area (Å²) in [5.41, 5.74) is 1.03. The predicted octanol–water partition coefficient (Wildman–Crippen LogP) is 2.60. The molecule has 1 rings (SSSR count). The third kappa shape index (κ3) is 7.49. The molecular formula is C13H22F3N3O. The first-order valence-corrected chi connectivity index (χ1v) is 6.74. The van der Waals surface area contributed by atoms with Crippen LogP contribution in [0.2, 0.25) is 0 Å². The molecule has 116 valence electrons. The van der Waals surface area contributed by atoms with E-state index in [4.69, 9.17) is 0 Å². The van der Waals surface area contributed by atoms with E-state index in [1.54, 1.807) is 10.9 Å². The van der Waals surface area contributed by atoms with Crippen LogP contribution in [0, 0.1) is 5.92 Å². The Balaban J connectivity index is 2.22. The molecule has 0 aliphatic heterocycles. The zero-order chi connectivity index (χ0) is 15.0. The topological polar surface area (TPSA) is 39.1 Å². The van der Waals surface area contributed by atoms with E-state index in [9.17, 15) is 13.2 Å². The largest absolute Gasteiger partial charge is 0.411 e. The van der Waals surface area contributed by atoms with Gasteiger partial charge in [-0.1, -0.05) is 13.8 Å². The number of halogens is 3. The predicted molar refractivity (Wildman–Crippen MR) is 70.3 cm³/mol. The number of hydrogen-bond acceptors (Lipinski definition) is 3. The maximum Gasteiger partial charge on any atom is 0.411 e. The van der Waals surface area contributed by atoms with Crippen molar-refractivity contribution in [3.05, 3.63) is 18.0 Å². The fourth-order valence-electron chi connectivity index (χ4n) is 1.70. The molecular weight excluding hydrogens is 271 g/mol. The first kappa shape index (κ1) is 17.0. The van der Waals surface area contributed by atoms with Crippen LogP contribution in [0.1, 0.15) is 26.0 Å². The number of hydrogen-bond donors (Lipinski definition) is 1. The van der Waals surface area contributed by atoms with E-state index in [1.165, 1.54) is 0 Å². The summed E-state index contributed by atoms with van der Waals surface area (Å²) in [6, 6.07) is 1.91. The van der Waals surface area contributed by atoms with Gasteiger partial charge in [-0.05, 0) is 24.9 Å². The van der Waals surface area contributed by atoms with Gasteiger partial charge in [-0.15, -0.1) is 0 Å². The van der Waals surface area contributed by atoms with Crippen molar-refractivity contribution in [1.29, 1.82) is 0 Å². The maximum atomic E-state index is 11.9. The Hall–Kier alpha value is -1.08. The van der Waals surface area contributed by atoms with Crippen molar-refractivity contribution in [2.24, 2.45) is 5.92 Å². The molecule has 1 aromatic rings.